The number of nitrogens with one attached hydrogen (secondary N) is 2. The van der Waals surface area contributed by atoms with Gasteiger partial charge in [-0.25, -0.2) is 14.4 Å². The van der Waals surface area contributed by atoms with Gasteiger partial charge in [0.25, 0.3) is 0 Å². The van der Waals surface area contributed by atoms with Crippen molar-refractivity contribution in [3.8, 4) is 0 Å². The van der Waals surface area contributed by atoms with Crippen molar-refractivity contribution in [1.82, 2.24) is 9.97 Å². The number of alkyl halides is 2. The number of amides is 1. The summed E-state index contributed by atoms with van der Waals surface area (Å²) in [5, 5.41) is 16.5. The number of rotatable bonds is 5. The third-order valence-electron chi connectivity index (χ3n) is 6.39. The minimum absolute atomic E-state index is 0.00133. The van der Waals surface area contributed by atoms with Gasteiger partial charge in [0.2, 0.25) is 5.91 Å². The first-order valence-corrected chi connectivity index (χ1v) is 10.9. The van der Waals surface area contributed by atoms with Crippen LogP contribution in [0.1, 0.15) is 63.2 Å². The zero-order valence-electron chi connectivity index (χ0n) is 19.8. The molecule has 0 radical (unpaired) electrons. The molecule has 9 heteroatoms. The lowest BCUT2D eigenvalue weighted by atomic mass is 9.86. The van der Waals surface area contributed by atoms with E-state index in [1.54, 1.807) is 19.9 Å². The second-order valence-corrected chi connectivity index (χ2v) is 9.82. The van der Waals surface area contributed by atoms with Crippen LogP contribution in [0, 0.1) is 12.7 Å². The van der Waals surface area contributed by atoms with Crippen molar-refractivity contribution in [2.45, 2.75) is 64.5 Å². The summed E-state index contributed by atoms with van der Waals surface area (Å²) >= 11 is 0. The van der Waals surface area contributed by atoms with Crippen molar-refractivity contribution >= 4 is 28.3 Å². The summed E-state index contributed by atoms with van der Waals surface area (Å²) in [7, 11) is 0. The zero-order valence-corrected chi connectivity index (χ0v) is 19.8. The molecule has 0 fully saturated rings. The van der Waals surface area contributed by atoms with Crippen LogP contribution in [0.25, 0.3) is 10.9 Å². The van der Waals surface area contributed by atoms with Gasteiger partial charge in [0, 0.05) is 16.6 Å². The predicted molar refractivity (Wildman–Crippen MR) is 125 cm³/mol. The highest BCUT2D eigenvalue weighted by atomic mass is 19.3. The summed E-state index contributed by atoms with van der Waals surface area (Å²) < 4.78 is 44.7. The number of benzene rings is 2. The standard InChI is InChI=1S/C25H27F3N4O2/c1-12(14-8-7-9-16(20(14)26)25(27,28)24(5,6)34)29-21-15-10-19-17(23(3,4)22(33)32-19)11-18(15)30-13(2)31-21/h7-12,34H,1-6H3,(H,32,33)(H,29,30,31). The van der Waals surface area contributed by atoms with E-state index in [2.05, 4.69) is 20.6 Å². The molecule has 0 saturated carbocycles. The smallest absolute Gasteiger partial charge is 0.303 e. The van der Waals surface area contributed by atoms with Gasteiger partial charge < -0.3 is 15.7 Å². The van der Waals surface area contributed by atoms with Gasteiger partial charge in [-0.05, 0) is 65.3 Å². The topological polar surface area (TPSA) is 87.1 Å². The number of fused-ring (bicyclic) bond motifs is 2. The van der Waals surface area contributed by atoms with Crippen LogP contribution in [0.4, 0.5) is 24.7 Å². The highest BCUT2D eigenvalue weighted by molar-refractivity contribution is 6.08. The van der Waals surface area contributed by atoms with Crippen molar-refractivity contribution in [1.29, 1.82) is 0 Å². The van der Waals surface area contributed by atoms with Gasteiger partial charge in [0.1, 0.15) is 23.1 Å². The Labute approximate surface area is 195 Å². The second kappa shape index (κ2) is 7.66. The Morgan fingerprint density at radius 2 is 1.85 bits per heavy atom. The number of carbonyl (C=O) groups excluding carboxylic acids is 1. The Morgan fingerprint density at radius 3 is 2.50 bits per heavy atom. The molecule has 0 aliphatic carbocycles. The molecule has 34 heavy (non-hydrogen) atoms. The first-order chi connectivity index (χ1) is 15.6. The maximum atomic E-state index is 15.2. The minimum atomic E-state index is -3.80. The Balaban J connectivity index is 1.77. The molecule has 2 heterocycles. The van der Waals surface area contributed by atoms with Crippen molar-refractivity contribution in [2.24, 2.45) is 0 Å². The number of hydrogen-bond acceptors (Lipinski definition) is 5. The summed E-state index contributed by atoms with van der Waals surface area (Å²) in [6.45, 7) is 8.88. The lowest BCUT2D eigenvalue weighted by Gasteiger charge is -2.30. The van der Waals surface area contributed by atoms with E-state index < -0.39 is 34.4 Å². The lowest BCUT2D eigenvalue weighted by Crippen LogP contribution is -2.41. The van der Waals surface area contributed by atoms with Gasteiger partial charge in [-0.2, -0.15) is 8.78 Å². The van der Waals surface area contributed by atoms with Crippen molar-refractivity contribution in [3.63, 3.8) is 0 Å². The fraction of sp³-hybridized carbons (Fsp3) is 0.400. The highest BCUT2D eigenvalue weighted by Gasteiger charge is 2.49. The van der Waals surface area contributed by atoms with E-state index in [0.29, 0.717) is 28.2 Å². The molecule has 1 aromatic heterocycles. The van der Waals surface area contributed by atoms with E-state index in [-0.39, 0.29) is 11.5 Å². The van der Waals surface area contributed by atoms with E-state index in [4.69, 9.17) is 0 Å². The van der Waals surface area contributed by atoms with Crippen LogP contribution in [-0.4, -0.2) is 26.6 Å². The van der Waals surface area contributed by atoms with Crippen LogP contribution in [0.5, 0.6) is 0 Å². The van der Waals surface area contributed by atoms with Crippen molar-refractivity contribution in [3.05, 3.63) is 58.7 Å². The average molecular weight is 473 g/mol. The van der Waals surface area contributed by atoms with E-state index in [1.807, 2.05) is 19.9 Å². The molecule has 180 valence electrons. The van der Waals surface area contributed by atoms with Gasteiger partial charge in [0.05, 0.1) is 22.5 Å². The van der Waals surface area contributed by atoms with Gasteiger partial charge in [-0.1, -0.05) is 12.1 Å². The summed E-state index contributed by atoms with van der Waals surface area (Å²) in [6.07, 6.45) is 0. The van der Waals surface area contributed by atoms with Gasteiger partial charge in [-0.3, -0.25) is 4.79 Å². The number of aliphatic hydroxyl groups is 1. The second-order valence-electron chi connectivity index (χ2n) is 9.82. The van der Waals surface area contributed by atoms with Crippen LogP contribution < -0.4 is 10.6 Å². The van der Waals surface area contributed by atoms with Gasteiger partial charge in [-0.15, -0.1) is 0 Å². The molecule has 1 aliphatic rings. The summed E-state index contributed by atoms with van der Waals surface area (Å²) in [5.41, 5.74) is -1.97. The number of anilines is 2. The lowest BCUT2D eigenvalue weighted by molar-refractivity contribution is -0.170. The average Bonchev–Trinajstić information content (AvgIpc) is 2.94. The highest BCUT2D eigenvalue weighted by Crippen LogP contribution is 2.43. The predicted octanol–water partition coefficient (Wildman–Crippen LogP) is 5.34. The Morgan fingerprint density at radius 1 is 1.18 bits per heavy atom. The Kier molecular flexibility index (Phi) is 5.39. The molecule has 1 amide bonds. The maximum absolute atomic E-state index is 15.2. The number of aromatic nitrogens is 2. The molecule has 6 nitrogen and oxygen atoms in total. The molecular formula is C25H27F3N4O2. The number of carbonyl (C=O) groups is 1. The SMILES string of the molecule is Cc1nc(NC(C)c2cccc(C(F)(F)C(C)(C)O)c2F)c2cc3c(cc2n1)C(C)(C)C(=O)N3. The molecule has 0 bridgehead atoms. The van der Waals surface area contributed by atoms with E-state index in [1.165, 1.54) is 12.1 Å². The zero-order chi connectivity index (χ0) is 25.2. The molecule has 1 atom stereocenters. The van der Waals surface area contributed by atoms with Crippen molar-refractivity contribution < 1.29 is 23.1 Å². The molecule has 1 unspecified atom stereocenters. The molecule has 0 saturated heterocycles. The summed E-state index contributed by atoms with van der Waals surface area (Å²) in [6, 6.07) is 6.57. The largest absolute Gasteiger partial charge is 0.384 e. The third-order valence-corrected chi connectivity index (χ3v) is 6.39. The van der Waals surface area contributed by atoms with E-state index in [0.717, 1.165) is 25.5 Å². The maximum Gasteiger partial charge on any atom is 0.303 e. The van der Waals surface area contributed by atoms with E-state index >= 15 is 4.39 Å². The van der Waals surface area contributed by atoms with Gasteiger partial charge in [0.15, 0.2) is 0 Å². The van der Waals surface area contributed by atoms with Crippen LogP contribution in [0.2, 0.25) is 0 Å². The van der Waals surface area contributed by atoms with E-state index in [9.17, 15) is 18.7 Å². The van der Waals surface area contributed by atoms with Crippen LogP contribution in [-0.2, 0) is 16.1 Å². The molecular weight excluding hydrogens is 445 g/mol. The van der Waals surface area contributed by atoms with Gasteiger partial charge >= 0.3 is 5.92 Å². The molecule has 4 rings (SSSR count). The number of nitrogens with zero attached hydrogens (tertiary/aromatic N) is 2. The molecule has 1 aliphatic heterocycles. The third kappa shape index (κ3) is 3.68. The monoisotopic (exact) mass is 472 g/mol. The van der Waals surface area contributed by atoms with Crippen LogP contribution in [0.15, 0.2) is 30.3 Å². The fourth-order valence-electron chi connectivity index (χ4n) is 4.16. The minimum Gasteiger partial charge on any atom is -0.384 e. The van der Waals surface area contributed by atoms with Crippen molar-refractivity contribution in [2.75, 3.05) is 10.6 Å². The normalized spacial score (nSPS) is 16.4. The molecule has 2 aromatic carbocycles. The van der Waals surface area contributed by atoms with Crippen LogP contribution in [0.3, 0.4) is 0 Å². The van der Waals surface area contributed by atoms with Crippen LogP contribution >= 0.6 is 0 Å². The fourth-order valence-corrected chi connectivity index (χ4v) is 4.16. The first kappa shape index (κ1) is 23.9. The molecule has 3 aromatic rings. The Hall–Kier alpha value is -3.20. The number of halogens is 3. The quantitative estimate of drug-likeness (QED) is 0.467. The molecule has 3 N–H and O–H groups in total. The summed E-state index contributed by atoms with van der Waals surface area (Å²) in [4.78, 5) is 21.3. The number of aryl methyl sites for hydroxylation is 1. The Bertz CT molecular complexity index is 1320. The number of hydrogen-bond donors (Lipinski definition) is 3. The summed E-state index contributed by atoms with van der Waals surface area (Å²) in [5.74, 6) is -4.18. The molecule has 0 spiro atoms. The first-order valence-electron chi connectivity index (χ1n) is 10.9.